The van der Waals surface area contributed by atoms with E-state index in [1.54, 1.807) is 18.4 Å². The smallest absolute Gasteiger partial charge is 0.235 e. The minimum atomic E-state index is 0.780. The first-order valence-corrected chi connectivity index (χ1v) is 9.78. The summed E-state index contributed by atoms with van der Waals surface area (Å²) in [7, 11) is 1.66. The molecule has 25 heavy (non-hydrogen) atoms. The first-order valence-electron chi connectivity index (χ1n) is 7.81. The van der Waals surface area contributed by atoms with E-state index in [1.807, 2.05) is 46.6 Å². The molecule has 0 saturated carbocycles. The molecule has 0 aliphatic carbocycles. The Labute approximate surface area is 153 Å². The summed E-state index contributed by atoms with van der Waals surface area (Å²) in [6.45, 7) is 0. The topological polar surface area (TPSA) is 52.3 Å². The number of fused-ring (bicyclic) bond motifs is 1. The van der Waals surface area contributed by atoms with E-state index in [2.05, 4.69) is 39.6 Å². The zero-order valence-corrected chi connectivity index (χ0v) is 15.3. The quantitative estimate of drug-likeness (QED) is 0.508. The van der Waals surface area contributed by atoms with E-state index >= 15 is 0 Å². The first kappa shape index (κ1) is 16.1. The molecule has 0 saturated heterocycles. The molecule has 0 atom stereocenters. The Morgan fingerprint density at radius 1 is 1.00 bits per heavy atom. The standard InChI is InChI=1S/C18H16N4OS2/c1-23-15-9-7-14(8-10-15)17-21-22-16(19-20-18(22)25-17)12-24-11-13-5-3-2-4-6-13/h2-10H,11-12H2,1H3. The van der Waals surface area contributed by atoms with Gasteiger partial charge in [-0.25, -0.2) is 0 Å². The van der Waals surface area contributed by atoms with Crippen molar-refractivity contribution in [1.82, 2.24) is 19.8 Å². The average molecular weight is 368 g/mol. The van der Waals surface area contributed by atoms with Gasteiger partial charge < -0.3 is 4.74 Å². The number of aromatic nitrogens is 4. The molecular weight excluding hydrogens is 352 g/mol. The van der Waals surface area contributed by atoms with Crippen LogP contribution in [0.25, 0.3) is 15.5 Å². The number of methoxy groups -OCH3 is 1. The molecule has 0 bridgehead atoms. The molecule has 2 aromatic carbocycles. The predicted octanol–water partition coefficient (Wildman–Crippen LogP) is 4.29. The van der Waals surface area contributed by atoms with E-state index in [9.17, 15) is 0 Å². The second-order valence-corrected chi connectivity index (χ2v) is 7.37. The van der Waals surface area contributed by atoms with E-state index in [1.165, 1.54) is 5.56 Å². The molecule has 126 valence electrons. The van der Waals surface area contributed by atoms with Crippen molar-refractivity contribution in [2.24, 2.45) is 0 Å². The van der Waals surface area contributed by atoms with Crippen LogP contribution < -0.4 is 4.74 Å². The fourth-order valence-corrected chi connectivity index (χ4v) is 4.19. The van der Waals surface area contributed by atoms with E-state index in [4.69, 9.17) is 4.74 Å². The van der Waals surface area contributed by atoms with E-state index in [0.29, 0.717) is 0 Å². The van der Waals surface area contributed by atoms with Crippen molar-refractivity contribution in [3.05, 3.63) is 66.0 Å². The minimum absolute atomic E-state index is 0.780. The summed E-state index contributed by atoms with van der Waals surface area (Å²) in [6.07, 6.45) is 0. The number of benzene rings is 2. The van der Waals surface area contributed by atoms with Crippen LogP contribution in [0.1, 0.15) is 11.4 Å². The maximum atomic E-state index is 5.20. The maximum absolute atomic E-state index is 5.20. The average Bonchev–Trinajstić information content (AvgIpc) is 3.24. The van der Waals surface area contributed by atoms with Gasteiger partial charge in [-0.2, -0.15) is 9.61 Å². The highest BCUT2D eigenvalue weighted by Gasteiger charge is 2.13. The molecule has 0 unspecified atom stereocenters. The minimum Gasteiger partial charge on any atom is -0.497 e. The molecule has 0 aliphatic rings. The molecule has 2 aromatic heterocycles. The number of thioether (sulfide) groups is 1. The third-order valence-electron chi connectivity index (χ3n) is 3.74. The molecular formula is C18H16N4OS2. The van der Waals surface area contributed by atoms with Gasteiger partial charge in [0, 0.05) is 11.3 Å². The summed E-state index contributed by atoms with van der Waals surface area (Å²) in [4.78, 5) is 0.820. The first-order chi connectivity index (χ1) is 12.3. The number of hydrogen-bond donors (Lipinski definition) is 0. The van der Waals surface area contributed by atoms with E-state index < -0.39 is 0 Å². The van der Waals surface area contributed by atoms with Crippen LogP contribution in [0.3, 0.4) is 0 Å². The fraction of sp³-hybridized carbons (Fsp3) is 0.167. The van der Waals surface area contributed by atoms with E-state index in [0.717, 1.165) is 38.6 Å². The summed E-state index contributed by atoms with van der Waals surface area (Å²) >= 11 is 3.36. The molecule has 2 heterocycles. The van der Waals surface area contributed by atoms with Crippen molar-refractivity contribution in [1.29, 1.82) is 0 Å². The maximum Gasteiger partial charge on any atom is 0.235 e. The summed E-state index contributed by atoms with van der Waals surface area (Å²) < 4.78 is 7.05. The highest BCUT2D eigenvalue weighted by Crippen LogP contribution is 2.28. The van der Waals surface area contributed by atoms with Gasteiger partial charge in [0.25, 0.3) is 0 Å². The molecule has 0 aliphatic heterocycles. The van der Waals surface area contributed by atoms with Gasteiger partial charge in [0.15, 0.2) is 5.82 Å². The van der Waals surface area contributed by atoms with Crippen molar-refractivity contribution in [3.8, 4) is 16.3 Å². The summed E-state index contributed by atoms with van der Waals surface area (Å²) in [6, 6.07) is 18.3. The predicted molar refractivity (Wildman–Crippen MR) is 102 cm³/mol. The zero-order valence-electron chi connectivity index (χ0n) is 13.6. The van der Waals surface area contributed by atoms with Crippen molar-refractivity contribution < 1.29 is 4.74 Å². The summed E-state index contributed by atoms with van der Waals surface area (Å²) in [5.74, 6) is 3.45. The Morgan fingerprint density at radius 2 is 1.80 bits per heavy atom. The van der Waals surface area contributed by atoms with Crippen LogP contribution in [0.5, 0.6) is 5.75 Å². The molecule has 0 radical (unpaired) electrons. The monoisotopic (exact) mass is 368 g/mol. The molecule has 5 nitrogen and oxygen atoms in total. The molecule has 4 aromatic rings. The van der Waals surface area contributed by atoms with Gasteiger partial charge in [0.05, 0.1) is 12.9 Å². The lowest BCUT2D eigenvalue weighted by atomic mass is 10.2. The molecule has 4 rings (SSSR count). The Kier molecular flexibility index (Phi) is 4.67. The second-order valence-electron chi connectivity index (χ2n) is 5.42. The van der Waals surface area contributed by atoms with Crippen molar-refractivity contribution in [3.63, 3.8) is 0 Å². The third-order valence-corrected chi connectivity index (χ3v) is 5.68. The van der Waals surface area contributed by atoms with Crippen molar-refractivity contribution >= 4 is 28.1 Å². The number of hydrogen-bond acceptors (Lipinski definition) is 6. The molecule has 0 fully saturated rings. The van der Waals surface area contributed by atoms with Crippen LogP contribution in [0.2, 0.25) is 0 Å². The zero-order chi connectivity index (χ0) is 17.1. The normalized spacial score (nSPS) is 11.1. The molecule has 7 heteroatoms. The van der Waals surface area contributed by atoms with Gasteiger partial charge in [0.2, 0.25) is 4.96 Å². The van der Waals surface area contributed by atoms with Crippen LogP contribution in [-0.4, -0.2) is 26.9 Å². The number of ether oxygens (including phenoxy) is 1. The van der Waals surface area contributed by atoms with Crippen LogP contribution in [0.4, 0.5) is 0 Å². The highest BCUT2D eigenvalue weighted by atomic mass is 32.2. The SMILES string of the molecule is COc1ccc(-c2nn3c(CSCc4ccccc4)nnc3s2)cc1. The Hall–Kier alpha value is -2.38. The van der Waals surface area contributed by atoms with Gasteiger partial charge in [-0.1, -0.05) is 41.7 Å². The van der Waals surface area contributed by atoms with Gasteiger partial charge >= 0.3 is 0 Å². The van der Waals surface area contributed by atoms with Gasteiger partial charge in [-0.05, 0) is 29.8 Å². The third kappa shape index (κ3) is 3.52. The van der Waals surface area contributed by atoms with Gasteiger partial charge in [-0.3, -0.25) is 0 Å². The molecule has 0 amide bonds. The van der Waals surface area contributed by atoms with Gasteiger partial charge in [-0.15, -0.1) is 22.0 Å². The Balaban J connectivity index is 1.50. The lowest BCUT2D eigenvalue weighted by Gasteiger charge is -2.00. The highest BCUT2D eigenvalue weighted by molar-refractivity contribution is 7.97. The summed E-state index contributed by atoms with van der Waals surface area (Å²) in [5, 5.41) is 14.1. The van der Waals surface area contributed by atoms with Crippen LogP contribution in [0, 0.1) is 0 Å². The lowest BCUT2D eigenvalue weighted by molar-refractivity contribution is 0.415. The largest absolute Gasteiger partial charge is 0.497 e. The van der Waals surface area contributed by atoms with Crippen LogP contribution >= 0.6 is 23.1 Å². The summed E-state index contributed by atoms with van der Waals surface area (Å²) in [5.41, 5.74) is 2.37. The van der Waals surface area contributed by atoms with Crippen LogP contribution in [-0.2, 0) is 11.5 Å². The Bertz CT molecular complexity index is 964. The molecule has 0 N–H and O–H groups in total. The van der Waals surface area contributed by atoms with Crippen molar-refractivity contribution in [2.75, 3.05) is 7.11 Å². The number of rotatable bonds is 6. The fourth-order valence-electron chi connectivity index (χ4n) is 2.43. The van der Waals surface area contributed by atoms with Crippen molar-refractivity contribution in [2.45, 2.75) is 11.5 Å². The van der Waals surface area contributed by atoms with E-state index in [-0.39, 0.29) is 0 Å². The second kappa shape index (κ2) is 7.25. The lowest BCUT2D eigenvalue weighted by Crippen LogP contribution is -1.94. The van der Waals surface area contributed by atoms with Crippen LogP contribution in [0.15, 0.2) is 54.6 Å². The Morgan fingerprint density at radius 3 is 2.56 bits per heavy atom. The number of nitrogens with zero attached hydrogens (tertiary/aromatic N) is 4. The molecule has 0 spiro atoms. The van der Waals surface area contributed by atoms with Gasteiger partial charge in [0.1, 0.15) is 10.8 Å².